The quantitative estimate of drug-likeness (QED) is 0.0816. The molecule has 2 aliphatic rings. The maximum Gasteiger partial charge on any atom is 0.332 e. The number of likely N-dealkylation sites (N-methyl/N-ethyl adjacent to an activating group) is 3. The average Bonchev–Trinajstić information content (AvgIpc) is 3.59. The topological polar surface area (TPSA) is 257 Å². The van der Waals surface area contributed by atoms with E-state index in [1.807, 2.05) is 130 Å². The number of fused-ring (bicyclic) bond motifs is 1. The van der Waals surface area contributed by atoms with Crippen LogP contribution in [0.15, 0.2) is 109 Å². The Morgan fingerprint density at radius 1 is 0.655 bits per heavy atom. The summed E-state index contributed by atoms with van der Waals surface area (Å²) in [4.78, 5) is 123. The molecular formula is C67H92N8O12. The van der Waals surface area contributed by atoms with Gasteiger partial charge in [-0.05, 0) is 105 Å². The van der Waals surface area contributed by atoms with Crippen LogP contribution in [0.5, 0.6) is 5.75 Å². The van der Waals surface area contributed by atoms with Crippen LogP contribution >= 0.6 is 0 Å². The molecule has 8 unspecified atom stereocenters. The summed E-state index contributed by atoms with van der Waals surface area (Å²) in [5.74, 6) is -6.31. The normalized spacial score (nSPS) is 24.8. The van der Waals surface area contributed by atoms with Crippen molar-refractivity contribution in [2.45, 2.75) is 174 Å². The van der Waals surface area contributed by atoms with Gasteiger partial charge in [0, 0.05) is 40.0 Å². The van der Waals surface area contributed by atoms with Crippen molar-refractivity contribution in [1.82, 2.24) is 40.9 Å². The highest BCUT2D eigenvalue weighted by Gasteiger charge is 2.45. The van der Waals surface area contributed by atoms with E-state index in [0.29, 0.717) is 42.7 Å². The van der Waals surface area contributed by atoms with Gasteiger partial charge in [0.25, 0.3) is 5.91 Å². The Bertz CT molecular complexity index is 2980. The Balaban J connectivity index is 1.42. The van der Waals surface area contributed by atoms with E-state index in [2.05, 4.69) is 21.3 Å². The van der Waals surface area contributed by atoms with Crippen LogP contribution in [0, 0.1) is 17.8 Å². The third-order valence-corrected chi connectivity index (χ3v) is 16.8. The summed E-state index contributed by atoms with van der Waals surface area (Å²) in [5.41, 5.74) is 2.18. The van der Waals surface area contributed by atoms with Crippen molar-refractivity contribution in [2.24, 2.45) is 17.8 Å². The van der Waals surface area contributed by atoms with Crippen molar-refractivity contribution in [2.75, 3.05) is 34.2 Å². The van der Waals surface area contributed by atoms with Gasteiger partial charge in [-0.1, -0.05) is 145 Å². The summed E-state index contributed by atoms with van der Waals surface area (Å²) in [6.45, 7) is 15.0. The number of cyclic esters (lactones) is 1. The number of aliphatic hydroxyl groups is 2. The molecule has 2 aliphatic heterocycles. The molecule has 472 valence electrons. The van der Waals surface area contributed by atoms with E-state index in [0.717, 1.165) is 21.6 Å². The second-order valence-corrected chi connectivity index (χ2v) is 24.5. The fourth-order valence-electron chi connectivity index (χ4n) is 10.9. The lowest BCUT2D eigenvalue weighted by molar-refractivity contribution is -0.170. The number of benzene rings is 4. The van der Waals surface area contributed by atoms with Crippen LogP contribution < -0.4 is 26.0 Å². The second-order valence-electron chi connectivity index (χ2n) is 24.5. The molecule has 0 spiro atoms. The number of nitrogens with zero attached hydrogens (tertiary/aromatic N) is 4. The summed E-state index contributed by atoms with van der Waals surface area (Å²) in [5, 5.41) is 34.6. The minimum atomic E-state index is -1.96. The third-order valence-electron chi connectivity index (χ3n) is 16.8. The Kier molecular flexibility index (Phi) is 24.6. The van der Waals surface area contributed by atoms with E-state index < -0.39 is 126 Å². The van der Waals surface area contributed by atoms with E-state index in [9.17, 15) is 39.0 Å². The van der Waals surface area contributed by atoms with Crippen LogP contribution in [-0.2, 0) is 62.5 Å². The Morgan fingerprint density at radius 3 is 1.89 bits per heavy atom. The predicted octanol–water partition coefficient (Wildman–Crippen LogP) is 5.41. The van der Waals surface area contributed by atoms with Gasteiger partial charge in [-0.2, -0.15) is 0 Å². The number of amides is 7. The van der Waals surface area contributed by atoms with Crippen molar-refractivity contribution < 1.29 is 58.0 Å². The van der Waals surface area contributed by atoms with Crippen LogP contribution in [0.2, 0.25) is 0 Å². The molecule has 4 aromatic carbocycles. The Hall–Kier alpha value is -7.68. The van der Waals surface area contributed by atoms with Gasteiger partial charge in [0.2, 0.25) is 35.4 Å². The second kappa shape index (κ2) is 31.3. The summed E-state index contributed by atoms with van der Waals surface area (Å²) >= 11 is 0. The highest BCUT2D eigenvalue weighted by Crippen LogP contribution is 2.28. The van der Waals surface area contributed by atoms with E-state index in [1.54, 1.807) is 20.8 Å². The van der Waals surface area contributed by atoms with Crippen LogP contribution in [0.25, 0.3) is 11.1 Å². The monoisotopic (exact) mass is 1200 g/mol. The zero-order valence-electron chi connectivity index (χ0n) is 52.7. The number of β-amino-alcohol motifs (C(OH)–C–C–N with tert-alkyl or cyclic N) is 1. The lowest BCUT2D eigenvalue weighted by Gasteiger charge is -2.36. The smallest absolute Gasteiger partial charge is 0.332 e. The van der Waals surface area contributed by atoms with Crippen molar-refractivity contribution in [3.63, 3.8) is 0 Å². The molecule has 7 amide bonds. The summed E-state index contributed by atoms with van der Waals surface area (Å²) < 4.78 is 12.0. The van der Waals surface area contributed by atoms with Crippen molar-refractivity contribution in [1.29, 1.82) is 0 Å². The number of nitrogens with one attached hydrogen (secondary N) is 4. The molecule has 2 heterocycles. The highest BCUT2D eigenvalue weighted by molar-refractivity contribution is 5.98. The molecule has 0 saturated carbocycles. The van der Waals surface area contributed by atoms with Gasteiger partial charge < -0.3 is 55.2 Å². The predicted molar refractivity (Wildman–Crippen MR) is 331 cm³/mol. The van der Waals surface area contributed by atoms with Crippen LogP contribution in [0.1, 0.15) is 111 Å². The molecule has 11 atom stereocenters. The molecule has 0 radical (unpaired) electrons. The van der Waals surface area contributed by atoms with Gasteiger partial charge in [0.15, 0.2) is 12.1 Å². The zero-order chi connectivity index (χ0) is 63.9. The van der Waals surface area contributed by atoms with E-state index in [4.69, 9.17) is 9.47 Å². The molecule has 0 bridgehead atoms. The van der Waals surface area contributed by atoms with Crippen molar-refractivity contribution in [3.8, 4) is 16.9 Å². The molecule has 0 aromatic heterocycles. The van der Waals surface area contributed by atoms with E-state index in [1.165, 1.54) is 56.6 Å². The molecule has 20 nitrogen and oxygen atoms in total. The van der Waals surface area contributed by atoms with Crippen LogP contribution in [0.3, 0.4) is 0 Å². The number of hydrogen-bond acceptors (Lipinski definition) is 13. The first-order valence-electron chi connectivity index (χ1n) is 30.5. The number of hydrogen-bond donors (Lipinski definition) is 6. The Morgan fingerprint density at radius 2 is 1.28 bits per heavy atom. The zero-order valence-corrected chi connectivity index (χ0v) is 52.7. The SMILES string of the molecule is CCC(C)C1NC(=O)C2CCCN2C(=O)[C@H](Cc2cccc(-c3ccc(OCc4ccccc4)cc3)c2)N(C)C(=O)C(Cc2ccccc2)NC(O)CN(C)C(=O)[C@@H](C(C)CC)OC(=O)C(C(C)(C)O)NC(=O)C(CC(C)C)NC(=O)[C@H](C)N(C)C1=O. The molecule has 6 rings (SSSR count). The first-order chi connectivity index (χ1) is 41.2. The molecule has 4 aromatic rings. The maximum absolute atomic E-state index is 15.6. The molecular weight excluding hydrogens is 1110 g/mol. The Labute approximate surface area is 513 Å². The van der Waals surface area contributed by atoms with Crippen LogP contribution in [0.4, 0.5) is 0 Å². The first-order valence-corrected chi connectivity index (χ1v) is 30.5. The number of ether oxygens (including phenoxy) is 2. The van der Waals surface area contributed by atoms with Gasteiger partial charge >= 0.3 is 5.97 Å². The number of esters is 1. The fourth-order valence-corrected chi connectivity index (χ4v) is 10.9. The van der Waals surface area contributed by atoms with Crippen molar-refractivity contribution in [3.05, 3.63) is 126 Å². The lowest BCUT2D eigenvalue weighted by atomic mass is 9.96. The standard InChI is InChI=1S/C67H92N8O12/c1-13-42(5)56-64(82)73(11)44(7)59(77)69-51(35-41(3)4)60(78)71-58(67(8,9)85)66(84)87-57(43(6)14-2)65(83)72(10)39-55(76)68-52(37-45-23-17-15-18-24-45)62(80)74(12)54(63(81)75-34-22-29-53(75)61(79)70-56)38-47-27-21-28-49(36-47)48-30-32-50(33-31-48)86-40-46-25-19-16-20-26-46/h15-21,23-28,30-33,36,41-44,51-58,68,76,85H,13-14,22,29,34-35,37-40H2,1-12H3,(H,69,77)(H,70,79)(H,71,78)/t42?,43?,44-,51?,52?,53?,54-,55?,56?,57+,58?/m0/s1. The number of carbonyl (C=O) groups is 8. The highest BCUT2D eigenvalue weighted by atomic mass is 16.6. The van der Waals surface area contributed by atoms with Gasteiger partial charge in [-0.3, -0.25) is 38.9 Å². The summed E-state index contributed by atoms with van der Waals surface area (Å²) in [6, 6.07) is 25.3. The number of aliphatic hydroxyl groups excluding tert-OH is 1. The van der Waals surface area contributed by atoms with Gasteiger partial charge in [-0.15, -0.1) is 0 Å². The molecule has 6 N–H and O–H groups in total. The van der Waals surface area contributed by atoms with Gasteiger partial charge in [-0.25, -0.2) is 4.79 Å². The lowest BCUT2D eigenvalue weighted by Crippen LogP contribution is -2.62. The molecule has 87 heavy (non-hydrogen) atoms. The van der Waals surface area contributed by atoms with Gasteiger partial charge in [0.1, 0.15) is 48.8 Å². The summed E-state index contributed by atoms with van der Waals surface area (Å²) in [6.07, 6.45) is -1.48. The van der Waals surface area contributed by atoms with Crippen LogP contribution in [-0.4, -0.2) is 172 Å². The van der Waals surface area contributed by atoms with Crippen molar-refractivity contribution >= 4 is 47.3 Å². The molecule has 2 saturated heterocycles. The third kappa shape index (κ3) is 18.4. The molecule has 0 aliphatic carbocycles. The number of carbonyl (C=O) groups excluding carboxylic acids is 8. The largest absolute Gasteiger partial charge is 0.489 e. The molecule has 2 fully saturated rings. The first kappa shape index (κ1) is 68.4. The average molecular weight is 1200 g/mol. The van der Waals surface area contributed by atoms with E-state index in [-0.39, 0.29) is 38.1 Å². The van der Waals surface area contributed by atoms with E-state index >= 15 is 9.59 Å². The fraction of sp³-hybridized carbons (Fsp3) is 0.522. The number of rotatable bonds is 15. The maximum atomic E-state index is 15.6. The molecule has 20 heteroatoms. The minimum absolute atomic E-state index is 0.00220. The summed E-state index contributed by atoms with van der Waals surface area (Å²) in [7, 11) is 4.33. The van der Waals surface area contributed by atoms with Gasteiger partial charge in [0.05, 0.1) is 18.2 Å². The minimum Gasteiger partial charge on any atom is -0.489 e.